The molecule has 0 aromatic carbocycles. The summed E-state index contributed by atoms with van der Waals surface area (Å²) < 4.78 is 10.9. The van der Waals surface area contributed by atoms with E-state index in [0.717, 1.165) is 24.9 Å². The third-order valence-corrected chi connectivity index (χ3v) is 5.30. The second-order valence-corrected chi connectivity index (χ2v) is 8.43. The highest BCUT2D eigenvalue weighted by Gasteiger charge is 2.56. The number of pyridine rings is 1. The van der Waals surface area contributed by atoms with Crippen molar-refractivity contribution in [2.75, 3.05) is 19.6 Å². The Hall–Kier alpha value is -2.57. The molecule has 0 bridgehead atoms. The summed E-state index contributed by atoms with van der Waals surface area (Å²) in [6.07, 6.45) is 2.34. The van der Waals surface area contributed by atoms with Crippen LogP contribution < -0.4 is 5.32 Å². The minimum absolute atomic E-state index is 0.214. The van der Waals surface area contributed by atoms with Crippen molar-refractivity contribution in [1.82, 2.24) is 15.2 Å². The van der Waals surface area contributed by atoms with Crippen LogP contribution in [0.25, 0.3) is 11.1 Å². The van der Waals surface area contributed by atoms with E-state index in [0.29, 0.717) is 30.0 Å². The van der Waals surface area contributed by atoms with Crippen LogP contribution in [-0.4, -0.2) is 47.1 Å². The standard InChI is InChI=1S/C20H25N3O4/c1-20(2,3)27-19(25)23-10-14-13(15(14)11-23)6-8-21-17(24)16-9-12-5-4-7-22-18(12)26-16/h4-5,7,9,13-15H,6,8,10-11H2,1-3H3,(H,21,24). The Morgan fingerprint density at radius 2 is 2.07 bits per heavy atom. The molecule has 0 radical (unpaired) electrons. The van der Waals surface area contributed by atoms with Gasteiger partial charge in [0.15, 0.2) is 5.76 Å². The third-order valence-electron chi connectivity index (χ3n) is 5.30. The molecule has 2 atom stereocenters. The lowest BCUT2D eigenvalue weighted by Crippen LogP contribution is -2.37. The molecule has 1 aliphatic heterocycles. The summed E-state index contributed by atoms with van der Waals surface area (Å²) in [7, 11) is 0. The Kier molecular flexibility index (Phi) is 4.32. The molecule has 2 fully saturated rings. The van der Waals surface area contributed by atoms with Gasteiger partial charge in [0.2, 0.25) is 5.71 Å². The Morgan fingerprint density at radius 3 is 2.74 bits per heavy atom. The molecule has 1 saturated heterocycles. The lowest BCUT2D eigenvalue weighted by molar-refractivity contribution is 0.0265. The molecule has 1 N–H and O–H groups in total. The molecule has 1 saturated carbocycles. The van der Waals surface area contributed by atoms with Gasteiger partial charge in [-0.15, -0.1) is 0 Å². The van der Waals surface area contributed by atoms with Gasteiger partial charge in [0.1, 0.15) is 5.60 Å². The molecule has 1 aliphatic carbocycles. The van der Waals surface area contributed by atoms with E-state index in [-0.39, 0.29) is 17.8 Å². The summed E-state index contributed by atoms with van der Waals surface area (Å²) in [4.78, 5) is 30.2. The first kappa shape index (κ1) is 17.8. The highest BCUT2D eigenvalue weighted by atomic mass is 16.6. The second-order valence-electron chi connectivity index (χ2n) is 8.43. The number of nitrogens with zero attached hydrogens (tertiary/aromatic N) is 2. The normalized spacial score (nSPS) is 24.0. The van der Waals surface area contributed by atoms with Crippen molar-refractivity contribution in [3.05, 3.63) is 30.2 Å². The van der Waals surface area contributed by atoms with Crippen LogP contribution in [0.4, 0.5) is 4.79 Å². The topological polar surface area (TPSA) is 84.7 Å². The molecule has 27 heavy (non-hydrogen) atoms. The minimum atomic E-state index is -0.459. The number of hydrogen-bond acceptors (Lipinski definition) is 5. The highest BCUT2D eigenvalue weighted by molar-refractivity contribution is 5.95. The third kappa shape index (κ3) is 3.77. The van der Waals surface area contributed by atoms with E-state index in [1.165, 1.54) is 0 Å². The van der Waals surface area contributed by atoms with Crippen LogP contribution in [0.2, 0.25) is 0 Å². The first-order valence-electron chi connectivity index (χ1n) is 9.42. The number of carbonyl (C=O) groups is 2. The molecular formula is C20H25N3O4. The molecule has 3 heterocycles. The summed E-state index contributed by atoms with van der Waals surface area (Å²) in [6, 6.07) is 5.39. The Bertz CT molecular complexity index is 824. The van der Waals surface area contributed by atoms with Crippen molar-refractivity contribution in [1.29, 1.82) is 0 Å². The average Bonchev–Trinajstić information content (AvgIpc) is 3.00. The smallest absolute Gasteiger partial charge is 0.410 e. The minimum Gasteiger partial charge on any atom is -0.444 e. The van der Waals surface area contributed by atoms with Crippen molar-refractivity contribution in [2.24, 2.45) is 17.8 Å². The maximum atomic E-state index is 12.2. The van der Waals surface area contributed by atoms with Gasteiger partial charge in [0, 0.05) is 31.2 Å². The number of hydrogen-bond donors (Lipinski definition) is 1. The van der Waals surface area contributed by atoms with Gasteiger partial charge in [-0.05, 0) is 63.1 Å². The number of piperidine rings is 1. The molecule has 2 unspecified atom stereocenters. The van der Waals surface area contributed by atoms with Crippen LogP contribution in [0, 0.1) is 17.8 Å². The van der Waals surface area contributed by atoms with E-state index in [4.69, 9.17) is 9.15 Å². The fourth-order valence-electron chi connectivity index (χ4n) is 3.98. The number of ether oxygens (including phenoxy) is 1. The maximum absolute atomic E-state index is 12.2. The van der Waals surface area contributed by atoms with Crippen molar-refractivity contribution in [3.63, 3.8) is 0 Å². The number of amides is 2. The van der Waals surface area contributed by atoms with Crippen LogP contribution in [0.5, 0.6) is 0 Å². The number of rotatable bonds is 4. The summed E-state index contributed by atoms with van der Waals surface area (Å²) in [5.74, 6) is 1.71. The van der Waals surface area contributed by atoms with Crippen LogP contribution in [0.15, 0.2) is 28.8 Å². The van der Waals surface area contributed by atoms with E-state index in [9.17, 15) is 9.59 Å². The number of aromatic nitrogens is 1. The summed E-state index contributed by atoms with van der Waals surface area (Å²) >= 11 is 0. The van der Waals surface area contributed by atoms with Crippen molar-refractivity contribution >= 4 is 23.1 Å². The maximum Gasteiger partial charge on any atom is 0.410 e. The van der Waals surface area contributed by atoms with E-state index in [1.54, 1.807) is 17.2 Å². The molecule has 2 amide bonds. The van der Waals surface area contributed by atoms with E-state index < -0.39 is 5.60 Å². The number of furan rings is 1. The average molecular weight is 371 g/mol. The zero-order valence-corrected chi connectivity index (χ0v) is 15.9. The fraction of sp³-hybridized carbons (Fsp3) is 0.550. The van der Waals surface area contributed by atoms with Gasteiger partial charge in [-0.25, -0.2) is 9.78 Å². The predicted molar refractivity (Wildman–Crippen MR) is 99.2 cm³/mol. The lowest BCUT2D eigenvalue weighted by Gasteiger charge is -2.25. The van der Waals surface area contributed by atoms with Gasteiger partial charge in [0.05, 0.1) is 0 Å². The van der Waals surface area contributed by atoms with Crippen LogP contribution in [0.3, 0.4) is 0 Å². The molecular weight excluding hydrogens is 346 g/mol. The zero-order valence-electron chi connectivity index (χ0n) is 15.9. The van der Waals surface area contributed by atoms with Gasteiger partial charge in [-0.2, -0.15) is 0 Å². The number of carbonyl (C=O) groups excluding carboxylic acids is 2. The van der Waals surface area contributed by atoms with Gasteiger partial charge < -0.3 is 19.4 Å². The monoisotopic (exact) mass is 371 g/mol. The molecule has 7 nitrogen and oxygen atoms in total. The summed E-state index contributed by atoms with van der Waals surface area (Å²) in [5, 5.41) is 3.74. The molecule has 144 valence electrons. The zero-order chi connectivity index (χ0) is 19.2. The van der Waals surface area contributed by atoms with Crippen molar-refractivity contribution in [2.45, 2.75) is 32.8 Å². The number of likely N-dealkylation sites (tertiary alicyclic amines) is 1. The van der Waals surface area contributed by atoms with Gasteiger partial charge in [-0.3, -0.25) is 4.79 Å². The highest BCUT2D eigenvalue weighted by Crippen LogP contribution is 2.53. The Labute approximate surface area is 158 Å². The van der Waals surface area contributed by atoms with Crippen LogP contribution in [-0.2, 0) is 4.74 Å². The first-order valence-corrected chi connectivity index (χ1v) is 9.42. The van der Waals surface area contributed by atoms with Crippen LogP contribution in [0.1, 0.15) is 37.7 Å². The molecule has 2 aromatic rings. The molecule has 2 aliphatic rings. The lowest BCUT2D eigenvalue weighted by atomic mass is 10.2. The van der Waals surface area contributed by atoms with E-state index in [1.807, 2.05) is 32.9 Å². The number of nitrogens with one attached hydrogen (secondary N) is 1. The van der Waals surface area contributed by atoms with Gasteiger partial charge in [-0.1, -0.05) is 0 Å². The molecule has 2 aromatic heterocycles. The Balaban J connectivity index is 1.21. The first-order chi connectivity index (χ1) is 12.8. The quantitative estimate of drug-likeness (QED) is 0.893. The number of fused-ring (bicyclic) bond motifs is 2. The van der Waals surface area contributed by atoms with E-state index in [2.05, 4.69) is 10.3 Å². The second kappa shape index (κ2) is 6.55. The Morgan fingerprint density at radius 1 is 1.33 bits per heavy atom. The van der Waals surface area contributed by atoms with Gasteiger partial charge in [0.25, 0.3) is 5.91 Å². The largest absolute Gasteiger partial charge is 0.444 e. The molecule has 4 rings (SSSR count). The SMILES string of the molecule is CC(C)(C)OC(=O)N1CC2C(CCNC(=O)c3cc4cccnc4o3)C2C1. The molecule has 0 spiro atoms. The van der Waals surface area contributed by atoms with Gasteiger partial charge >= 0.3 is 6.09 Å². The van der Waals surface area contributed by atoms with Crippen LogP contribution >= 0.6 is 0 Å². The fourth-order valence-corrected chi connectivity index (χ4v) is 3.98. The predicted octanol–water partition coefficient (Wildman–Crippen LogP) is 3.06. The van der Waals surface area contributed by atoms with E-state index >= 15 is 0 Å². The van der Waals surface area contributed by atoms with Crippen molar-refractivity contribution in [3.8, 4) is 0 Å². The summed E-state index contributed by atoms with van der Waals surface area (Å²) in [5.41, 5.74) is 0.0151. The summed E-state index contributed by atoms with van der Waals surface area (Å²) in [6.45, 7) is 7.76. The molecule has 7 heteroatoms. The van der Waals surface area contributed by atoms with Crippen molar-refractivity contribution < 1.29 is 18.7 Å².